The normalized spacial score (nSPS) is 17.4. The van der Waals surface area contributed by atoms with E-state index in [0.717, 1.165) is 18.7 Å². The Labute approximate surface area is 83.7 Å². The second-order valence-corrected chi connectivity index (χ2v) is 3.48. The van der Waals surface area contributed by atoms with E-state index in [1.54, 1.807) is 0 Å². The van der Waals surface area contributed by atoms with Gasteiger partial charge in [0.1, 0.15) is 0 Å². The number of hydrogen-bond donors (Lipinski definition) is 1. The Hall–Kier alpha value is -1.51. The number of oxime groups is 1. The van der Waals surface area contributed by atoms with Crippen molar-refractivity contribution < 1.29 is 5.21 Å². The van der Waals surface area contributed by atoms with Crippen LogP contribution >= 0.6 is 0 Å². The zero-order valence-corrected chi connectivity index (χ0v) is 8.06. The van der Waals surface area contributed by atoms with Crippen LogP contribution in [0.15, 0.2) is 35.5 Å². The average Bonchev–Trinajstić information content (AvgIpc) is 2.74. The van der Waals surface area contributed by atoms with E-state index in [1.807, 2.05) is 30.3 Å². The zero-order chi connectivity index (χ0) is 9.80. The van der Waals surface area contributed by atoms with Gasteiger partial charge in [-0.25, -0.2) is 0 Å². The van der Waals surface area contributed by atoms with E-state index in [2.05, 4.69) is 10.1 Å². The molecule has 1 saturated heterocycles. The number of nitrogens with zero attached hydrogens (tertiary/aromatic N) is 2. The van der Waals surface area contributed by atoms with Crippen molar-refractivity contribution in [2.45, 2.75) is 12.8 Å². The van der Waals surface area contributed by atoms with Crippen LogP contribution in [0.5, 0.6) is 0 Å². The third kappa shape index (κ3) is 1.71. The Bertz CT molecular complexity index is 315. The fourth-order valence-corrected chi connectivity index (χ4v) is 1.82. The lowest BCUT2D eigenvalue weighted by atomic mass is 10.2. The van der Waals surface area contributed by atoms with E-state index in [9.17, 15) is 0 Å². The molecule has 3 nitrogen and oxygen atoms in total. The van der Waals surface area contributed by atoms with E-state index in [1.165, 1.54) is 12.8 Å². The van der Waals surface area contributed by atoms with Crippen molar-refractivity contribution in [3.63, 3.8) is 0 Å². The number of benzene rings is 1. The molecule has 1 heterocycles. The van der Waals surface area contributed by atoms with Crippen LogP contribution in [0.25, 0.3) is 0 Å². The van der Waals surface area contributed by atoms with Crippen LogP contribution in [0.2, 0.25) is 0 Å². The van der Waals surface area contributed by atoms with Crippen molar-refractivity contribution in [1.82, 2.24) is 4.90 Å². The Morgan fingerprint density at radius 1 is 1.14 bits per heavy atom. The summed E-state index contributed by atoms with van der Waals surface area (Å²) in [5.74, 6) is 0.697. The van der Waals surface area contributed by atoms with E-state index < -0.39 is 0 Å². The van der Waals surface area contributed by atoms with Crippen molar-refractivity contribution in [2.75, 3.05) is 13.1 Å². The van der Waals surface area contributed by atoms with Gasteiger partial charge >= 0.3 is 0 Å². The molecule has 0 unspecified atom stereocenters. The molecule has 0 aliphatic carbocycles. The van der Waals surface area contributed by atoms with Crippen molar-refractivity contribution in [3.05, 3.63) is 35.9 Å². The Morgan fingerprint density at radius 2 is 1.79 bits per heavy atom. The molecule has 1 aromatic carbocycles. The van der Waals surface area contributed by atoms with Gasteiger partial charge in [-0.05, 0) is 12.8 Å². The molecular formula is C11H14N2O. The summed E-state index contributed by atoms with van der Waals surface area (Å²) >= 11 is 0. The predicted octanol–water partition coefficient (Wildman–Crippen LogP) is 1.92. The van der Waals surface area contributed by atoms with Gasteiger partial charge in [-0.2, -0.15) is 0 Å². The van der Waals surface area contributed by atoms with E-state index in [4.69, 9.17) is 5.21 Å². The summed E-state index contributed by atoms with van der Waals surface area (Å²) in [4.78, 5) is 2.12. The molecule has 2 rings (SSSR count). The van der Waals surface area contributed by atoms with Gasteiger partial charge in [0.05, 0.1) is 0 Å². The first-order valence-corrected chi connectivity index (χ1v) is 4.94. The quantitative estimate of drug-likeness (QED) is 0.318. The smallest absolute Gasteiger partial charge is 0.175 e. The van der Waals surface area contributed by atoms with Gasteiger partial charge in [-0.3, -0.25) is 0 Å². The van der Waals surface area contributed by atoms with Gasteiger partial charge in [-0.15, -0.1) is 0 Å². The highest BCUT2D eigenvalue weighted by atomic mass is 16.4. The van der Waals surface area contributed by atoms with Crippen molar-refractivity contribution in [2.24, 2.45) is 5.16 Å². The van der Waals surface area contributed by atoms with Crippen LogP contribution in [-0.4, -0.2) is 29.0 Å². The fourth-order valence-electron chi connectivity index (χ4n) is 1.82. The van der Waals surface area contributed by atoms with Crippen LogP contribution in [0.1, 0.15) is 18.4 Å². The highest BCUT2D eigenvalue weighted by Gasteiger charge is 2.17. The third-order valence-corrected chi connectivity index (χ3v) is 2.53. The minimum absolute atomic E-state index is 0.697. The maximum atomic E-state index is 8.99. The van der Waals surface area contributed by atoms with E-state index >= 15 is 0 Å². The zero-order valence-electron chi connectivity index (χ0n) is 8.06. The van der Waals surface area contributed by atoms with Crippen molar-refractivity contribution in [3.8, 4) is 0 Å². The van der Waals surface area contributed by atoms with Gasteiger partial charge in [0.15, 0.2) is 5.84 Å². The maximum Gasteiger partial charge on any atom is 0.175 e. The first-order chi connectivity index (χ1) is 6.92. The second-order valence-electron chi connectivity index (χ2n) is 3.48. The van der Waals surface area contributed by atoms with E-state index in [0.29, 0.717) is 5.84 Å². The molecule has 74 valence electrons. The molecule has 0 saturated carbocycles. The summed E-state index contributed by atoms with van der Waals surface area (Å²) in [5.41, 5.74) is 0.983. The van der Waals surface area contributed by atoms with Gasteiger partial charge < -0.3 is 10.1 Å². The molecule has 0 radical (unpaired) electrons. The van der Waals surface area contributed by atoms with Crippen LogP contribution in [-0.2, 0) is 0 Å². The molecule has 1 aromatic rings. The van der Waals surface area contributed by atoms with Crippen molar-refractivity contribution in [1.29, 1.82) is 0 Å². The summed E-state index contributed by atoms with van der Waals surface area (Å²) in [6.07, 6.45) is 2.37. The van der Waals surface area contributed by atoms with Gasteiger partial charge in [0, 0.05) is 18.7 Å². The SMILES string of the molecule is ON=C(c1ccccc1)N1CCCC1. The third-order valence-electron chi connectivity index (χ3n) is 2.53. The van der Waals surface area contributed by atoms with Crippen LogP contribution in [0.4, 0.5) is 0 Å². The summed E-state index contributed by atoms with van der Waals surface area (Å²) < 4.78 is 0. The standard InChI is InChI=1S/C11H14N2O/c14-12-11(13-8-4-5-9-13)10-6-2-1-3-7-10/h1-3,6-7,14H,4-5,8-9H2. The van der Waals surface area contributed by atoms with Crippen molar-refractivity contribution >= 4 is 5.84 Å². The molecule has 14 heavy (non-hydrogen) atoms. The first kappa shape index (κ1) is 9.06. The lowest BCUT2D eigenvalue weighted by molar-refractivity contribution is 0.307. The van der Waals surface area contributed by atoms with Gasteiger partial charge in [0.2, 0.25) is 0 Å². The van der Waals surface area contributed by atoms with E-state index in [-0.39, 0.29) is 0 Å². The summed E-state index contributed by atoms with van der Waals surface area (Å²) in [6, 6.07) is 9.80. The summed E-state index contributed by atoms with van der Waals surface area (Å²) in [5, 5.41) is 12.4. The molecule has 3 heteroatoms. The summed E-state index contributed by atoms with van der Waals surface area (Å²) in [6.45, 7) is 1.99. The minimum Gasteiger partial charge on any atom is -0.409 e. The Kier molecular flexibility index (Phi) is 2.68. The number of likely N-dealkylation sites (tertiary alicyclic amines) is 1. The monoisotopic (exact) mass is 190 g/mol. The topological polar surface area (TPSA) is 35.8 Å². The molecule has 0 bridgehead atoms. The average molecular weight is 190 g/mol. The van der Waals surface area contributed by atoms with Crippen LogP contribution < -0.4 is 0 Å². The molecule has 0 aromatic heterocycles. The molecule has 1 fully saturated rings. The Morgan fingerprint density at radius 3 is 2.36 bits per heavy atom. The van der Waals surface area contributed by atoms with Crippen LogP contribution in [0.3, 0.4) is 0 Å². The molecule has 1 N–H and O–H groups in total. The molecule has 1 aliphatic rings. The second kappa shape index (κ2) is 4.13. The molecule has 1 aliphatic heterocycles. The maximum absolute atomic E-state index is 8.99. The molecule has 0 spiro atoms. The minimum atomic E-state index is 0.697. The largest absolute Gasteiger partial charge is 0.409 e. The highest BCUT2D eigenvalue weighted by Crippen LogP contribution is 2.13. The fraction of sp³-hybridized carbons (Fsp3) is 0.364. The number of amidine groups is 1. The number of hydrogen-bond acceptors (Lipinski definition) is 2. The lowest BCUT2D eigenvalue weighted by Gasteiger charge is -2.18. The van der Waals surface area contributed by atoms with Gasteiger partial charge in [0.25, 0.3) is 0 Å². The van der Waals surface area contributed by atoms with Gasteiger partial charge in [-0.1, -0.05) is 35.5 Å². The molecular weight excluding hydrogens is 176 g/mol. The first-order valence-electron chi connectivity index (χ1n) is 4.94. The Balaban J connectivity index is 2.22. The number of rotatable bonds is 1. The lowest BCUT2D eigenvalue weighted by Crippen LogP contribution is -2.28. The summed E-state index contributed by atoms with van der Waals surface area (Å²) in [7, 11) is 0. The van der Waals surface area contributed by atoms with Crippen LogP contribution in [0, 0.1) is 0 Å². The highest BCUT2D eigenvalue weighted by molar-refractivity contribution is 5.98. The predicted molar refractivity (Wildman–Crippen MR) is 55.6 cm³/mol. The molecule has 0 atom stereocenters. The molecule has 0 amide bonds.